The maximum atomic E-state index is 12.2. The van der Waals surface area contributed by atoms with Crippen molar-refractivity contribution in [1.82, 2.24) is 10.9 Å². The van der Waals surface area contributed by atoms with Gasteiger partial charge in [0.15, 0.2) is 6.10 Å². The maximum absolute atomic E-state index is 12.2. The molecule has 0 unspecified atom stereocenters. The van der Waals surface area contributed by atoms with Gasteiger partial charge in [0, 0.05) is 17.9 Å². The molecule has 9 heteroatoms. The molecule has 7 nitrogen and oxygen atoms in total. The quantitative estimate of drug-likeness (QED) is 0.527. The number of hydrazine groups is 1. The number of carbonyl (C=O) groups is 3. The number of hydrogen-bond donors (Lipinski definition) is 3. The van der Waals surface area contributed by atoms with Gasteiger partial charge in [0.25, 0.3) is 5.91 Å². The van der Waals surface area contributed by atoms with E-state index in [0.717, 1.165) is 5.56 Å². The van der Waals surface area contributed by atoms with Crippen LogP contribution in [0.25, 0.3) is 0 Å². The topological polar surface area (TPSA) is 96.5 Å². The third-order valence-corrected chi connectivity index (χ3v) is 4.62. The van der Waals surface area contributed by atoms with E-state index in [1.54, 1.807) is 31.2 Å². The molecule has 3 N–H and O–H groups in total. The predicted octanol–water partition coefficient (Wildman–Crippen LogP) is 4.03. The number of amides is 3. The summed E-state index contributed by atoms with van der Waals surface area (Å²) in [6.45, 7) is 3.75. The van der Waals surface area contributed by atoms with Gasteiger partial charge in [-0.3, -0.25) is 25.2 Å². The minimum absolute atomic E-state index is 0.0856. The van der Waals surface area contributed by atoms with Crippen molar-refractivity contribution < 1.29 is 19.1 Å². The van der Waals surface area contributed by atoms with Gasteiger partial charge in [-0.15, -0.1) is 0 Å². The summed E-state index contributed by atoms with van der Waals surface area (Å²) < 4.78 is 5.65. The average molecular weight is 452 g/mol. The lowest BCUT2D eigenvalue weighted by Crippen LogP contribution is -2.48. The molecule has 0 bridgehead atoms. The van der Waals surface area contributed by atoms with E-state index in [9.17, 15) is 14.4 Å². The van der Waals surface area contributed by atoms with E-state index in [4.69, 9.17) is 27.9 Å². The van der Waals surface area contributed by atoms with Crippen molar-refractivity contribution in [1.29, 1.82) is 0 Å². The zero-order chi connectivity index (χ0) is 22.1. The minimum atomic E-state index is -0.761. The first kappa shape index (κ1) is 23.5. The Bertz CT molecular complexity index is 904. The molecule has 0 fully saturated rings. The van der Waals surface area contributed by atoms with Gasteiger partial charge in [0.2, 0.25) is 11.8 Å². The highest BCUT2D eigenvalue weighted by Gasteiger charge is 2.19. The second kappa shape index (κ2) is 11.4. The summed E-state index contributed by atoms with van der Waals surface area (Å²) in [6, 6.07) is 12.0. The first-order valence-corrected chi connectivity index (χ1v) is 10.1. The predicted molar refractivity (Wildman–Crippen MR) is 116 cm³/mol. The molecule has 0 spiro atoms. The third kappa shape index (κ3) is 7.57. The van der Waals surface area contributed by atoms with Crippen LogP contribution in [0.15, 0.2) is 42.5 Å². The van der Waals surface area contributed by atoms with Crippen LogP contribution in [0.2, 0.25) is 10.0 Å². The monoisotopic (exact) mass is 451 g/mol. The largest absolute Gasteiger partial charge is 0.481 e. The van der Waals surface area contributed by atoms with Crippen LogP contribution in [0.1, 0.15) is 31.7 Å². The lowest BCUT2D eigenvalue weighted by molar-refractivity contribution is -0.133. The summed E-state index contributed by atoms with van der Waals surface area (Å²) in [5, 5.41) is 3.35. The molecule has 3 amide bonds. The van der Waals surface area contributed by atoms with Crippen LogP contribution in [-0.2, 0) is 14.4 Å². The summed E-state index contributed by atoms with van der Waals surface area (Å²) in [6.07, 6.45) is -0.548. The Morgan fingerprint density at radius 1 is 0.967 bits per heavy atom. The van der Waals surface area contributed by atoms with Crippen molar-refractivity contribution in [2.24, 2.45) is 0 Å². The van der Waals surface area contributed by atoms with Gasteiger partial charge in [-0.25, -0.2) is 0 Å². The van der Waals surface area contributed by atoms with Crippen LogP contribution in [0.5, 0.6) is 5.75 Å². The Hall–Kier alpha value is -2.77. The maximum Gasteiger partial charge on any atom is 0.279 e. The number of aryl methyl sites for hydroxylation is 1. The van der Waals surface area contributed by atoms with Gasteiger partial charge < -0.3 is 10.1 Å². The van der Waals surface area contributed by atoms with Crippen LogP contribution in [0, 0.1) is 6.92 Å². The van der Waals surface area contributed by atoms with Crippen molar-refractivity contribution in [2.45, 2.75) is 39.2 Å². The Kier molecular flexibility index (Phi) is 8.95. The summed E-state index contributed by atoms with van der Waals surface area (Å²) in [4.78, 5) is 36.2. The molecular formula is C21H23Cl2N3O4. The fourth-order valence-electron chi connectivity index (χ4n) is 2.41. The van der Waals surface area contributed by atoms with Crippen LogP contribution in [0.4, 0.5) is 5.69 Å². The van der Waals surface area contributed by atoms with E-state index >= 15 is 0 Å². The molecule has 0 saturated carbocycles. The molecule has 30 heavy (non-hydrogen) atoms. The number of ether oxygens (including phenoxy) is 1. The number of anilines is 1. The summed E-state index contributed by atoms with van der Waals surface area (Å²) in [5.41, 5.74) is 6.09. The molecule has 1 atom stereocenters. The Morgan fingerprint density at radius 2 is 1.63 bits per heavy atom. The first-order chi connectivity index (χ1) is 14.3. The normalized spacial score (nSPS) is 11.3. The number of hydrogen-bond acceptors (Lipinski definition) is 4. The fourth-order valence-corrected chi connectivity index (χ4v) is 2.86. The number of halogens is 2. The van der Waals surface area contributed by atoms with Crippen LogP contribution < -0.4 is 20.9 Å². The lowest BCUT2D eigenvalue weighted by atomic mass is 10.2. The Labute approximate surface area is 185 Å². The molecular weight excluding hydrogens is 429 g/mol. The molecule has 0 aromatic heterocycles. The van der Waals surface area contributed by atoms with E-state index in [2.05, 4.69) is 16.2 Å². The second-order valence-corrected chi connectivity index (χ2v) is 7.38. The second-order valence-electron chi connectivity index (χ2n) is 6.54. The molecule has 0 aliphatic rings. The molecule has 0 aliphatic carbocycles. The highest BCUT2D eigenvalue weighted by Crippen LogP contribution is 2.25. The van der Waals surface area contributed by atoms with E-state index in [0.29, 0.717) is 27.9 Å². The van der Waals surface area contributed by atoms with Gasteiger partial charge in [0.05, 0.1) is 10.7 Å². The fraction of sp³-hybridized carbons (Fsp3) is 0.286. The Morgan fingerprint density at radius 3 is 2.27 bits per heavy atom. The summed E-state index contributed by atoms with van der Waals surface area (Å²) in [7, 11) is 0. The summed E-state index contributed by atoms with van der Waals surface area (Å²) >= 11 is 11.8. The van der Waals surface area contributed by atoms with E-state index in [1.165, 1.54) is 6.07 Å². The zero-order valence-corrected chi connectivity index (χ0v) is 18.1. The van der Waals surface area contributed by atoms with Crippen LogP contribution >= 0.6 is 23.2 Å². The molecule has 0 heterocycles. The van der Waals surface area contributed by atoms with Crippen molar-refractivity contribution in [2.75, 3.05) is 5.32 Å². The van der Waals surface area contributed by atoms with Crippen molar-refractivity contribution in [3.8, 4) is 5.75 Å². The molecule has 2 rings (SSSR count). The van der Waals surface area contributed by atoms with Crippen molar-refractivity contribution in [3.63, 3.8) is 0 Å². The smallest absolute Gasteiger partial charge is 0.279 e. The minimum Gasteiger partial charge on any atom is -0.481 e. The zero-order valence-electron chi connectivity index (χ0n) is 16.6. The molecule has 0 aliphatic heterocycles. The van der Waals surface area contributed by atoms with Gasteiger partial charge in [-0.05, 0) is 43.7 Å². The molecule has 2 aromatic rings. The number of rotatable bonds is 8. The Balaban J connectivity index is 1.75. The molecule has 0 saturated heterocycles. The third-order valence-electron chi connectivity index (χ3n) is 4.07. The van der Waals surface area contributed by atoms with Crippen LogP contribution in [-0.4, -0.2) is 23.8 Å². The van der Waals surface area contributed by atoms with Crippen molar-refractivity contribution >= 4 is 46.6 Å². The van der Waals surface area contributed by atoms with E-state index in [1.807, 2.05) is 19.1 Å². The molecule has 2 aromatic carbocycles. The highest BCUT2D eigenvalue weighted by atomic mass is 35.5. The lowest BCUT2D eigenvalue weighted by Gasteiger charge is -2.17. The average Bonchev–Trinajstić information content (AvgIpc) is 2.72. The highest BCUT2D eigenvalue weighted by molar-refractivity contribution is 6.36. The van der Waals surface area contributed by atoms with Crippen LogP contribution in [0.3, 0.4) is 0 Å². The molecule has 160 valence electrons. The number of carbonyl (C=O) groups excluding carboxylic acids is 3. The number of benzene rings is 2. The van der Waals surface area contributed by atoms with Gasteiger partial charge in [-0.2, -0.15) is 0 Å². The summed E-state index contributed by atoms with van der Waals surface area (Å²) in [5.74, 6) is -0.823. The van der Waals surface area contributed by atoms with Gasteiger partial charge >= 0.3 is 0 Å². The van der Waals surface area contributed by atoms with Gasteiger partial charge in [0.1, 0.15) is 5.75 Å². The van der Waals surface area contributed by atoms with Crippen molar-refractivity contribution in [3.05, 3.63) is 58.1 Å². The SMILES string of the molecule is CC[C@H](Oc1ccc(C)cc1)C(=O)NNC(=O)CCC(=O)Nc1ccc(Cl)cc1Cl. The number of nitrogens with one attached hydrogen (secondary N) is 3. The first-order valence-electron chi connectivity index (χ1n) is 9.35. The van der Waals surface area contributed by atoms with E-state index < -0.39 is 23.8 Å². The van der Waals surface area contributed by atoms with Gasteiger partial charge in [-0.1, -0.05) is 47.8 Å². The standard InChI is InChI=1S/C21H23Cl2N3O4/c1-3-18(30-15-7-4-13(2)5-8-15)21(29)26-25-20(28)11-10-19(27)24-17-9-6-14(22)12-16(17)23/h4-9,12,18H,3,10-11H2,1-2H3,(H,24,27)(H,25,28)(H,26,29)/t18-/m0/s1. The molecule has 0 radical (unpaired) electrons. The van der Waals surface area contributed by atoms with E-state index in [-0.39, 0.29) is 12.8 Å².